The van der Waals surface area contributed by atoms with Crippen molar-refractivity contribution in [1.29, 1.82) is 0 Å². The second-order valence-electron chi connectivity index (χ2n) is 10.6. The van der Waals surface area contributed by atoms with Gasteiger partial charge in [0.1, 0.15) is 18.1 Å². The summed E-state index contributed by atoms with van der Waals surface area (Å²) in [5, 5.41) is 2.93. The number of anilines is 1. The average molecular weight is 604 g/mol. The molecule has 10 heteroatoms. The van der Waals surface area contributed by atoms with E-state index in [1.165, 1.54) is 11.1 Å². The number of primary amides is 1. The molecule has 45 heavy (non-hydrogen) atoms. The minimum Gasteiger partial charge on any atom is -0.493 e. The summed E-state index contributed by atoms with van der Waals surface area (Å²) < 4.78 is 16.9. The van der Waals surface area contributed by atoms with Crippen molar-refractivity contribution in [2.75, 3.05) is 39.2 Å². The third-order valence-corrected chi connectivity index (χ3v) is 7.82. The summed E-state index contributed by atoms with van der Waals surface area (Å²) in [6.07, 6.45) is 0.935. The van der Waals surface area contributed by atoms with E-state index in [0.717, 1.165) is 37.6 Å². The Morgan fingerprint density at radius 2 is 1.53 bits per heavy atom. The Balaban J connectivity index is 1.09. The molecule has 0 fully saturated rings. The zero-order valence-corrected chi connectivity index (χ0v) is 25.1. The van der Waals surface area contributed by atoms with Crippen LogP contribution in [0, 0.1) is 0 Å². The third-order valence-electron chi connectivity index (χ3n) is 7.82. The standard InChI is InChI=1S/C35H33N5O5/c1-43-30-19-22-15-16-40(21-23(22)20-31(30)44-2)17-18-45-25-13-11-24(12-14-25)37-35(42)27-8-4-3-7-26(27)32-33(34(36)41)39-29-10-6-5-9-28(29)38-32/h3-14,19-20H,15-18,21H2,1-2H3,(H2,36,41)(H,37,42). The third kappa shape index (κ3) is 6.41. The highest BCUT2D eigenvalue weighted by Crippen LogP contribution is 2.33. The van der Waals surface area contributed by atoms with Crippen LogP contribution in [0.2, 0.25) is 0 Å². The topological polar surface area (TPSA) is 129 Å². The zero-order valence-electron chi connectivity index (χ0n) is 25.1. The van der Waals surface area contributed by atoms with E-state index in [0.29, 0.717) is 40.2 Å². The van der Waals surface area contributed by atoms with E-state index in [-0.39, 0.29) is 17.3 Å². The van der Waals surface area contributed by atoms with Crippen LogP contribution in [0.15, 0.2) is 84.9 Å². The molecule has 0 spiro atoms. The Labute approximate surface area is 260 Å². The molecule has 5 aromatic rings. The van der Waals surface area contributed by atoms with Gasteiger partial charge < -0.3 is 25.3 Å². The molecule has 1 aliphatic heterocycles. The van der Waals surface area contributed by atoms with E-state index < -0.39 is 5.91 Å². The second-order valence-corrected chi connectivity index (χ2v) is 10.6. The number of aromatic nitrogens is 2. The van der Waals surface area contributed by atoms with Gasteiger partial charge in [-0.2, -0.15) is 0 Å². The SMILES string of the molecule is COc1cc2c(cc1OC)CN(CCOc1ccc(NC(=O)c3ccccc3-c3nc4ccccc4nc3C(N)=O)cc1)CC2. The van der Waals surface area contributed by atoms with Gasteiger partial charge >= 0.3 is 0 Å². The number of amides is 2. The van der Waals surface area contributed by atoms with Crippen LogP contribution < -0.4 is 25.3 Å². The van der Waals surface area contributed by atoms with Crippen LogP contribution in [-0.2, 0) is 13.0 Å². The van der Waals surface area contributed by atoms with Gasteiger partial charge in [0, 0.05) is 36.4 Å². The summed E-state index contributed by atoms with van der Waals surface area (Å²) in [5.74, 6) is 1.12. The Kier molecular flexibility index (Phi) is 8.56. The van der Waals surface area contributed by atoms with Crippen LogP contribution in [0.25, 0.3) is 22.3 Å². The summed E-state index contributed by atoms with van der Waals surface area (Å²) in [6, 6.07) is 25.5. The molecular formula is C35H33N5O5. The number of benzene rings is 4. The lowest BCUT2D eigenvalue weighted by Crippen LogP contribution is -2.33. The summed E-state index contributed by atoms with van der Waals surface area (Å²) in [5.41, 5.74) is 11.0. The van der Waals surface area contributed by atoms with E-state index in [9.17, 15) is 9.59 Å². The molecule has 0 atom stereocenters. The Morgan fingerprint density at radius 3 is 2.24 bits per heavy atom. The van der Waals surface area contributed by atoms with Crippen LogP contribution in [0.4, 0.5) is 5.69 Å². The van der Waals surface area contributed by atoms with Crippen molar-refractivity contribution in [2.24, 2.45) is 5.73 Å². The van der Waals surface area contributed by atoms with Crippen molar-refractivity contribution < 1.29 is 23.8 Å². The van der Waals surface area contributed by atoms with Crippen molar-refractivity contribution in [3.63, 3.8) is 0 Å². The number of hydrogen-bond acceptors (Lipinski definition) is 8. The fourth-order valence-corrected chi connectivity index (χ4v) is 5.51. The Hall–Kier alpha value is -5.48. The average Bonchev–Trinajstić information content (AvgIpc) is 3.07. The van der Waals surface area contributed by atoms with Crippen LogP contribution in [0.5, 0.6) is 17.2 Å². The van der Waals surface area contributed by atoms with Gasteiger partial charge in [-0.3, -0.25) is 14.5 Å². The van der Waals surface area contributed by atoms with Gasteiger partial charge in [-0.1, -0.05) is 30.3 Å². The van der Waals surface area contributed by atoms with Gasteiger partial charge in [0.25, 0.3) is 11.8 Å². The number of hydrogen-bond donors (Lipinski definition) is 2. The van der Waals surface area contributed by atoms with Gasteiger partial charge in [0.2, 0.25) is 0 Å². The van der Waals surface area contributed by atoms with E-state index in [2.05, 4.69) is 32.3 Å². The van der Waals surface area contributed by atoms with E-state index in [4.69, 9.17) is 19.9 Å². The number of carbonyl (C=O) groups excluding carboxylic acids is 2. The number of para-hydroxylation sites is 2. The lowest BCUT2D eigenvalue weighted by molar-refractivity contribution is 0.0993. The maximum Gasteiger partial charge on any atom is 0.269 e. The normalized spacial score (nSPS) is 12.8. The first-order valence-electron chi connectivity index (χ1n) is 14.6. The highest BCUT2D eigenvalue weighted by atomic mass is 16.5. The minimum absolute atomic E-state index is 0.00386. The molecule has 0 radical (unpaired) electrons. The molecule has 228 valence electrons. The van der Waals surface area contributed by atoms with Gasteiger partial charge in [-0.15, -0.1) is 0 Å². The van der Waals surface area contributed by atoms with Crippen LogP contribution in [0.1, 0.15) is 32.0 Å². The van der Waals surface area contributed by atoms with Crippen molar-refractivity contribution in [2.45, 2.75) is 13.0 Å². The van der Waals surface area contributed by atoms with Gasteiger partial charge in [0.15, 0.2) is 17.2 Å². The molecule has 10 nitrogen and oxygen atoms in total. The van der Waals surface area contributed by atoms with Crippen LogP contribution in [0.3, 0.4) is 0 Å². The molecule has 2 amide bonds. The molecule has 2 heterocycles. The lowest BCUT2D eigenvalue weighted by atomic mass is 9.99. The van der Waals surface area contributed by atoms with Crippen molar-refractivity contribution in [3.05, 3.63) is 107 Å². The smallest absolute Gasteiger partial charge is 0.269 e. The highest BCUT2D eigenvalue weighted by Gasteiger charge is 2.22. The molecule has 4 aromatic carbocycles. The lowest BCUT2D eigenvalue weighted by Gasteiger charge is -2.29. The molecule has 6 rings (SSSR count). The number of nitrogens with one attached hydrogen (secondary N) is 1. The van der Waals surface area contributed by atoms with E-state index >= 15 is 0 Å². The molecule has 3 N–H and O–H groups in total. The molecule has 1 aromatic heterocycles. The number of nitrogens with zero attached hydrogens (tertiary/aromatic N) is 3. The quantitative estimate of drug-likeness (QED) is 0.226. The first-order valence-corrected chi connectivity index (χ1v) is 14.6. The maximum atomic E-state index is 13.4. The van der Waals surface area contributed by atoms with E-state index in [1.54, 1.807) is 62.8 Å². The van der Waals surface area contributed by atoms with E-state index in [1.807, 2.05) is 24.3 Å². The first kappa shape index (κ1) is 29.6. The largest absolute Gasteiger partial charge is 0.493 e. The first-order chi connectivity index (χ1) is 21.9. The molecule has 0 aliphatic carbocycles. The number of rotatable bonds is 10. The van der Waals surface area contributed by atoms with Gasteiger partial charge in [0.05, 0.1) is 25.3 Å². The molecular weight excluding hydrogens is 570 g/mol. The number of nitrogens with two attached hydrogens (primary N) is 1. The monoisotopic (exact) mass is 603 g/mol. The minimum atomic E-state index is -0.722. The molecule has 0 saturated heterocycles. The summed E-state index contributed by atoms with van der Waals surface area (Å²) in [4.78, 5) is 37.1. The van der Waals surface area contributed by atoms with Crippen molar-refractivity contribution in [1.82, 2.24) is 14.9 Å². The molecule has 0 unspecified atom stereocenters. The van der Waals surface area contributed by atoms with Crippen molar-refractivity contribution >= 4 is 28.5 Å². The predicted molar refractivity (Wildman–Crippen MR) is 172 cm³/mol. The number of carbonyl (C=O) groups is 2. The predicted octanol–water partition coefficient (Wildman–Crippen LogP) is 5.10. The van der Waals surface area contributed by atoms with Crippen LogP contribution >= 0.6 is 0 Å². The fourth-order valence-electron chi connectivity index (χ4n) is 5.51. The second kappa shape index (κ2) is 13.0. The van der Waals surface area contributed by atoms with Gasteiger partial charge in [-0.05, 0) is 72.1 Å². The number of ether oxygens (including phenoxy) is 3. The summed E-state index contributed by atoms with van der Waals surface area (Å²) in [6.45, 7) is 3.05. The summed E-state index contributed by atoms with van der Waals surface area (Å²) >= 11 is 0. The number of methoxy groups -OCH3 is 2. The maximum absolute atomic E-state index is 13.4. The molecule has 1 aliphatic rings. The summed E-state index contributed by atoms with van der Waals surface area (Å²) in [7, 11) is 3.30. The fraction of sp³-hybridized carbons (Fsp3) is 0.200. The van der Waals surface area contributed by atoms with Crippen molar-refractivity contribution in [3.8, 4) is 28.5 Å². The van der Waals surface area contributed by atoms with Gasteiger partial charge in [-0.25, -0.2) is 9.97 Å². The van der Waals surface area contributed by atoms with Crippen LogP contribution in [-0.4, -0.2) is 60.6 Å². The molecule has 0 saturated carbocycles. The highest BCUT2D eigenvalue weighted by molar-refractivity contribution is 6.10. The Morgan fingerprint density at radius 1 is 0.867 bits per heavy atom. The molecule has 0 bridgehead atoms. The number of fused-ring (bicyclic) bond motifs is 2. The Bertz CT molecular complexity index is 1880. The zero-order chi connectivity index (χ0) is 31.3.